The van der Waals surface area contributed by atoms with Crippen molar-refractivity contribution in [2.75, 3.05) is 5.73 Å². The van der Waals surface area contributed by atoms with Gasteiger partial charge in [-0.05, 0) is 30.0 Å². The van der Waals surface area contributed by atoms with Crippen LogP contribution in [0.5, 0.6) is 0 Å². The zero-order valence-electron chi connectivity index (χ0n) is 8.25. The number of nitrogen functional groups attached to an aromatic ring is 1. The number of nitrogens with zero attached hydrogens (tertiary/aromatic N) is 1. The SMILES string of the molecule is CC.Nc1cc2c(cn1)C(N)CC2. The van der Waals surface area contributed by atoms with Crippen LogP contribution in [0, 0.1) is 0 Å². The minimum Gasteiger partial charge on any atom is -0.384 e. The molecule has 3 heteroatoms. The van der Waals surface area contributed by atoms with Gasteiger partial charge in [-0.3, -0.25) is 0 Å². The van der Waals surface area contributed by atoms with E-state index in [0.29, 0.717) is 5.82 Å². The highest BCUT2D eigenvalue weighted by atomic mass is 14.8. The summed E-state index contributed by atoms with van der Waals surface area (Å²) in [5.41, 5.74) is 13.8. The molecule has 0 saturated carbocycles. The van der Waals surface area contributed by atoms with Gasteiger partial charge in [-0.2, -0.15) is 0 Å². The van der Waals surface area contributed by atoms with E-state index in [1.807, 2.05) is 19.9 Å². The van der Waals surface area contributed by atoms with Crippen molar-refractivity contribution in [3.63, 3.8) is 0 Å². The van der Waals surface area contributed by atoms with Crippen molar-refractivity contribution in [2.45, 2.75) is 32.7 Å². The average Bonchev–Trinajstić information content (AvgIpc) is 2.51. The fraction of sp³-hybridized carbons (Fsp3) is 0.500. The van der Waals surface area contributed by atoms with Crippen molar-refractivity contribution in [1.29, 1.82) is 0 Å². The van der Waals surface area contributed by atoms with E-state index in [1.165, 1.54) is 11.1 Å². The number of anilines is 1. The monoisotopic (exact) mass is 179 g/mol. The van der Waals surface area contributed by atoms with Gasteiger partial charge >= 0.3 is 0 Å². The van der Waals surface area contributed by atoms with Crippen molar-refractivity contribution in [1.82, 2.24) is 4.98 Å². The molecule has 2 rings (SSSR count). The molecule has 1 aliphatic carbocycles. The smallest absolute Gasteiger partial charge is 0.123 e. The van der Waals surface area contributed by atoms with Gasteiger partial charge < -0.3 is 11.5 Å². The summed E-state index contributed by atoms with van der Waals surface area (Å²) in [4.78, 5) is 4.00. The largest absolute Gasteiger partial charge is 0.384 e. The van der Waals surface area contributed by atoms with E-state index in [0.717, 1.165) is 12.8 Å². The molecule has 4 N–H and O–H groups in total. The minimum atomic E-state index is 0.179. The molecule has 1 heterocycles. The standard InChI is InChI=1S/C8H11N3.C2H6/c9-7-2-1-5-3-8(10)11-4-6(5)7;1-2/h3-4,7H,1-2,9H2,(H2,10,11);1-2H3. The summed E-state index contributed by atoms with van der Waals surface area (Å²) in [7, 11) is 0. The van der Waals surface area contributed by atoms with E-state index in [9.17, 15) is 0 Å². The minimum absolute atomic E-state index is 0.179. The lowest BCUT2D eigenvalue weighted by Gasteiger charge is -2.02. The second-order valence-electron chi connectivity index (χ2n) is 2.95. The van der Waals surface area contributed by atoms with E-state index in [-0.39, 0.29) is 6.04 Å². The number of nitrogens with two attached hydrogens (primary N) is 2. The first kappa shape index (κ1) is 9.99. The molecule has 1 unspecified atom stereocenters. The van der Waals surface area contributed by atoms with Crippen molar-refractivity contribution < 1.29 is 0 Å². The van der Waals surface area contributed by atoms with Crippen LogP contribution in [0.15, 0.2) is 12.3 Å². The van der Waals surface area contributed by atoms with Gasteiger partial charge in [-0.15, -0.1) is 0 Å². The number of aromatic nitrogens is 1. The van der Waals surface area contributed by atoms with Crippen molar-refractivity contribution >= 4 is 5.82 Å². The molecule has 0 spiro atoms. The molecule has 0 aliphatic heterocycles. The Bertz CT molecular complexity index is 283. The van der Waals surface area contributed by atoms with E-state index < -0.39 is 0 Å². The van der Waals surface area contributed by atoms with Crippen LogP contribution in [-0.4, -0.2) is 4.98 Å². The normalized spacial score (nSPS) is 18.8. The van der Waals surface area contributed by atoms with Crippen LogP contribution < -0.4 is 11.5 Å². The fourth-order valence-electron chi connectivity index (χ4n) is 1.54. The highest BCUT2D eigenvalue weighted by Gasteiger charge is 2.18. The average molecular weight is 179 g/mol. The quantitative estimate of drug-likeness (QED) is 0.636. The van der Waals surface area contributed by atoms with Gasteiger partial charge in [0.25, 0.3) is 0 Å². The summed E-state index contributed by atoms with van der Waals surface area (Å²) in [6, 6.07) is 2.10. The van der Waals surface area contributed by atoms with Gasteiger partial charge in [-0.1, -0.05) is 13.8 Å². The topological polar surface area (TPSA) is 64.9 Å². The number of hydrogen-bond donors (Lipinski definition) is 2. The molecule has 1 aromatic heterocycles. The van der Waals surface area contributed by atoms with Crippen LogP contribution in [0.4, 0.5) is 5.82 Å². The Morgan fingerprint density at radius 1 is 1.46 bits per heavy atom. The van der Waals surface area contributed by atoms with Crippen LogP contribution in [-0.2, 0) is 6.42 Å². The summed E-state index contributed by atoms with van der Waals surface area (Å²) in [6.07, 6.45) is 3.87. The summed E-state index contributed by atoms with van der Waals surface area (Å²) >= 11 is 0. The Hall–Kier alpha value is -1.09. The number of fused-ring (bicyclic) bond motifs is 1. The van der Waals surface area contributed by atoms with Crippen molar-refractivity contribution in [3.05, 3.63) is 23.4 Å². The number of hydrogen-bond acceptors (Lipinski definition) is 3. The third-order valence-corrected chi connectivity index (χ3v) is 2.17. The predicted octanol–water partition coefficient (Wildman–Crippen LogP) is 1.64. The molecule has 3 nitrogen and oxygen atoms in total. The summed E-state index contributed by atoms with van der Waals surface area (Å²) < 4.78 is 0. The molecule has 0 amide bonds. The highest BCUT2D eigenvalue weighted by Crippen LogP contribution is 2.28. The predicted molar refractivity (Wildman–Crippen MR) is 55.2 cm³/mol. The second kappa shape index (κ2) is 4.23. The van der Waals surface area contributed by atoms with Gasteiger partial charge in [0, 0.05) is 12.2 Å². The van der Waals surface area contributed by atoms with Crippen LogP contribution >= 0.6 is 0 Å². The Kier molecular flexibility index (Phi) is 3.25. The maximum absolute atomic E-state index is 5.82. The second-order valence-corrected chi connectivity index (χ2v) is 2.95. The van der Waals surface area contributed by atoms with Gasteiger partial charge in [0.1, 0.15) is 5.82 Å². The van der Waals surface area contributed by atoms with E-state index in [1.54, 1.807) is 6.20 Å². The molecule has 13 heavy (non-hydrogen) atoms. The molecule has 1 atom stereocenters. The molecule has 0 fully saturated rings. The Morgan fingerprint density at radius 3 is 2.85 bits per heavy atom. The lowest BCUT2D eigenvalue weighted by molar-refractivity contribution is 0.712. The van der Waals surface area contributed by atoms with Crippen molar-refractivity contribution in [3.8, 4) is 0 Å². The van der Waals surface area contributed by atoms with Crippen LogP contribution in [0.3, 0.4) is 0 Å². The third-order valence-electron chi connectivity index (χ3n) is 2.17. The fourth-order valence-corrected chi connectivity index (χ4v) is 1.54. The molecule has 1 aromatic rings. The Morgan fingerprint density at radius 2 is 2.15 bits per heavy atom. The van der Waals surface area contributed by atoms with E-state index in [4.69, 9.17) is 11.5 Å². The Balaban J connectivity index is 0.000000396. The molecule has 0 saturated heterocycles. The van der Waals surface area contributed by atoms with Crippen LogP contribution in [0.1, 0.15) is 37.4 Å². The van der Waals surface area contributed by atoms with Gasteiger partial charge in [0.05, 0.1) is 0 Å². The summed E-state index contributed by atoms with van der Waals surface area (Å²) in [6.45, 7) is 4.00. The van der Waals surface area contributed by atoms with Crippen molar-refractivity contribution in [2.24, 2.45) is 5.73 Å². The number of aryl methyl sites for hydroxylation is 1. The van der Waals surface area contributed by atoms with E-state index >= 15 is 0 Å². The first-order valence-electron chi connectivity index (χ1n) is 4.77. The van der Waals surface area contributed by atoms with E-state index in [2.05, 4.69) is 4.98 Å². The lowest BCUT2D eigenvalue weighted by atomic mass is 10.1. The molecule has 0 radical (unpaired) electrons. The number of rotatable bonds is 0. The van der Waals surface area contributed by atoms with Crippen LogP contribution in [0.25, 0.3) is 0 Å². The van der Waals surface area contributed by atoms with Gasteiger partial charge in [0.15, 0.2) is 0 Å². The number of pyridine rings is 1. The highest BCUT2D eigenvalue weighted by molar-refractivity contribution is 5.40. The molecule has 1 aliphatic rings. The summed E-state index contributed by atoms with van der Waals surface area (Å²) in [5.74, 6) is 0.595. The van der Waals surface area contributed by atoms with Crippen LogP contribution in [0.2, 0.25) is 0 Å². The maximum Gasteiger partial charge on any atom is 0.123 e. The lowest BCUT2D eigenvalue weighted by Crippen LogP contribution is -2.05. The zero-order chi connectivity index (χ0) is 9.84. The van der Waals surface area contributed by atoms with Gasteiger partial charge in [-0.25, -0.2) is 4.98 Å². The Labute approximate surface area is 79.2 Å². The molecular formula is C10H17N3. The molecule has 72 valence electrons. The maximum atomic E-state index is 5.82. The zero-order valence-corrected chi connectivity index (χ0v) is 8.25. The summed E-state index contributed by atoms with van der Waals surface area (Å²) in [5, 5.41) is 0. The van der Waals surface area contributed by atoms with Gasteiger partial charge in [0.2, 0.25) is 0 Å². The first-order valence-corrected chi connectivity index (χ1v) is 4.77. The third kappa shape index (κ3) is 1.98. The first-order chi connectivity index (χ1) is 6.27. The molecule has 0 aromatic carbocycles. The molecule has 0 bridgehead atoms. The molecular weight excluding hydrogens is 162 g/mol.